The smallest absolute Gasteiger partial charge is 0.399 e. The molecule has 1 fully saturated rings. The van der Waals surface area contributed by atoms with Crippen LogP contribution < -0.4 is 5.46 Å². The lowest BCUT2D eigenvalue weighted by molar-refractivity contribution is 0.00578. The van der Waals surface area contributed by atoms with Crippen LogP contribution in [-0.2, 0) is 33.0 Å². The molecule has 1 aliphatic carbocycles. The molecule has 0 N–H and O–H groups in total. The number of fused-ring (bicyclic) bond motifs is 1. The predicted molar refractivity (Wildman–Crippen MR) is 164 cm³/mol. The molecule has 0 saturated carbocycles. The Balaban J connectivity index is 1.53. The van der Waals surface area contributed by atoms with Gasteiger partial charge in [0.15, 0.2) is 0 Å². The van der Waals surface area contributed by atoms with Gasteiger partial charge in [0.25, 0.3) is 0 Å². The number of hydrogen-bond donors (Lipinski definition) is 0. The van der Waals surface area contributed by atoms with Crippen molar-refractivity contribution < 1.29 is 9.31 Å². The Bertz CT molecular complexity index is 1350. The van der Waals surface area contributed by atoms with Gasteiger partial charge in [-0.25, -0.2) is 0 Å². The molecule has 2 aliphatic rings. The summed E-state index contributed by atoms with van der Waals surface area (Å²) in [5.74, 6) is 0. The molecule has 5 rings (SSSR count). The van der Waals surface area contributed by atoms with Gasteiger partial charge in [-0.1, -0.05) is 90.1 Å². The van der Waals surface area contributed by atoms with Crippen molar-refractivity contribution in [3.63, 3.8) is 0 Å². The quantitative estimate of drug-likeness (QED) is 0.309. The lowest BCUT2D eigenvalue weighted by Crippen LogP contribution is -2.42. The largest absolute Gasteiger partial charge is 0.496 e. The summed E-state index contributed by atoms with van der Waals surface area (Å²) in [5.41, 5.74) is 8.32. The second-order valence-electron chi connectivity index (χ2n) is 14.3. The van der Waals surface area contributed by atoms with Crippen molar-refractivity contribution in [2.24, 2.45) is 5.41 Å². The first-order valence-corrected chi connectivity index (χ1v) is 14.6. The molecule has 39 heavy (non-hydrogen) atoms. The third-order valence-corrected chi connectivity index (χ3v) is 11.0. The molecular formula is C35H46BNO2. The van der Waals surface area contributed by atoms with E-state index >= 15 is 0 Å². The summed E-state index contributed by atoms with van der Waals surface area (Å²) < 4.78 is 12.8. The Morgan fingerprint density at radius 3 is 1.95 bits per heavy atom. The standard InChI is InChI=1S/C35H46BNO2/c1-31(2)28-20-19-26(22-29(28)32(3,4)33(31,5)6)30-25(18-14-17-24-15-12-11-13-16-24)21-27(23-37-30)36-38-34(7,8)35(9,10)39-36/h11-13,15-16,19-23H,14,17-18H2,1-10H3. The highest BCUT2D eigenvalue weighted by Gasteiger charge is 2.57. The molecule has 0 spiro atoms. The third kappa shape index (κ3) is 4.48. The molecule has 1 aromatic heterocycles. The van der Waals surface area contributed by atoms with E-state index < -0.39 is 7.12 Å². The molecule has 3 nitrogen and oxygen atoms in total. The van der Waals surface area contributed by atoms with Crippen LogP contribution in [0.2, 0.25) is 0 Å². The van der Waals surface area contributed by atoms with Gasteiger partial charge in [0.2, 0.25) is 0 Å². The van der Waals surface area contributed by atoms with Crippen molar-refractivity contribution in [3.8, 4) is 11.3 Å². The van der Waals surface area contributed by atoms with E-state index in [1.165, 1.54) is 27.8 Å². The Hall–Kier alpha value is -2.43. The molecule has 2 aromatic carbocycles. The number of aryl methyl sites for hydroxylation is 2. The highest BCUT2D eigenvalue weighted by Crippen LogP contribution is 2.61. The zero-order valence-electron chi connectivity index (χ0n) is 25.7. The van der Waals surface area contributed by atoms with E-state index in [2.05, 4.69) is 124 Å². The minimum Gasteiger partial charge on any atom is -0.399 e. The van der Waals surface area contributed by atoms with E-state index in [4.69, 9.17) is 14.3 Å². The first kappa shape index (κ1) is 28.1. The average molecular weight is 524 g/mol. The molecule has 1 saturated heterocycles. The zero-order chi connectivity index (χ0) is 28.4. The van der Waals surface area contributed by atoms with Crippen LogP contribution in [0.5, 0.6) is 0 Å². The van der Waals surface area contributed by atoms with E-state index in [1.54, 1.807) is 0 Å². The first-order valence-electron chi connectivity index (χ1n) is 14.6. The second kappa shape index (κ2) is 9.31. The van der Waals surface area contributed by atoms with E-state index in [-0.39, 0.29) is 27.4 Å². The van der Waals surface area contributed by atoms with Gasteiger partial charge >= 0.3 is 7.12 Å². The van der Waals surface area contributed by atoms with E-state index in [0.717, 1.165) is 30.4 Å². The van der Waals surface area contributed by atoms with E-state index in [9.17, 15) is 0 Å². The summed E-state index contributed by atoms with van der Waals surface area (Å²) in [6.45, 7) is 22.8. The fourth-order valence-electron chi connectivity index (χ4n) is 6.42. The lowest BCUT2D eigenvalue weighted by Gasteiger charge is -2.44. The molecule has 206 valence electrons. The number of benzene rings is 2. The second-order valence-corrected chi connectivity index (χ2v) is 14.3. The van der Waals surface area contributed by atoms with Crippen molar-refractivity contribution >= 4 is 12.6 Å². The molecule has 3 aromatic rings. The topological polar surface area (TPSA) is 31.4 Å². The van der Waals surface area contributed by atoms with Crippen LogP contribution in [0.15, 0.2) is 60.8 Å². The number of hydrogen-bond acceptors (Lipinski definition) is 3. The monoisotopic (exact) mass is 523 g/mol. The molecule has 0 atom stereocenters. The van der Waals surface area contributed by atoms with Gasteiger partial charge < -0.3 is 9.31 Å². The van der Waals surface area contributed by atoms with Gasteiger partial charge in [-0.3, -0.25) is 4.98 Å². The van der Waals surface area contributed by atoms with Crippen LogP contribution in [0, 0.1) is 5.41 Å². The summed E-state index contributed by atoms with van der Waals surface area (Å²) in [7, 11) is -0.412. The Morgan fingerprint density at radius 1 is 0.692 bits per heavy atom. The van der Waals surface area contributed by atoms with Crippen molar-refractivity contribution in [2.75, 3.05) is 0 Å². The lowest BCUT2D eigenvalue weighted by atomic mass is 9.59. The minimum atomic E-state index is -0.412. The molecule has 0 amide bonds. The zero-order valence-corrected chi connectivity index (χ0v) is 25.7. The first-order chi connectivity index (χ1) is 18.1. The van der Waals surface area contributed by atoms with Crippen molar-refractivity contribution in [3.05, 3.63) is 83.0 Å². The van der Waals surface area contributed by atoms with Crippen LogP contribution in [0.4, 0.5) is 0 Å². The maximum atomic E-state index is 6.40. The summed E-state index contributed by atoms with van der Waals surface area (Å²) >= 11 is 0. The average Bonchev–Trinajstić information content (AvgIpc) is 3.15. The SMILES string of the molecule is CC1(C)OB(c2cnc(-c3ccc4c(c3)C(C)(C)C(C)(C)C4(C)C)c(CCCc3ccccc3)c2)OC1(C)C. The third-order valence-electron chi connectivity index (χ3n) is 11.0. The molecule has 0 radical (unpaired) electrons. The maximum Gasteiger partial charge on any atom is 0.496 e. The number of aromatic nitrogens is 1. The van der Waals surface area contributed by atoms with Gasteiger partial charge in [-0.05, 0) is 91.5 Å². The molecule has 0 unspecified atom stereocenters. The van der Waals surface area contributed by atoms with Gasteiger partial charge in [-0.15, -0.1) is 0 Å². The van der Waals surface area contributed by atoms with Crippen LogP contribution in [0.25, 0.3) is 11.3 Å². The highest BCUT2D eigenvalue weighted by atomic mass is 16.7. The summed E-state index contributed by atoms with van der Waals surface area (Å²) in [5, 5.41) is 0. The Labute approximate surface area is 236 Å². The molecule has 4 heteroatoms. The van der Waals surface area contributed by atoms with Gasteiger partial charge in [-0.2, -0.15) is 0 Å². The summed E-state index contributed by atoms with van der Waals surface area (Å²) in [6.07, 6.45) is 5.01. The van der Waals surface area contributed by atoms with Crippen LogP contribution in [-0.4, -0.2) is 23.3 Å². The fourth-order valence-corrected chi connectivity index (χ4v) is 6.42. The number of pyridine rings is 1. The fraction of sp³-hybridized carbons (Fsp3) is 0.514. The predicted octanol–water partition coefficient (Wildman–Crippen LogP) is 7.82. The van der Waals surface area contributed by atoms with Crippen molar-refractivity contribution in [1.29, 1.82) is 0 Å². The van der Waals surface area contributed by atoms with Crippen molar-refractivity contribution in [1.82, 2.24) is 4.98 Å². The summed E-state index contributed by atoms with van der Waals surface area (Å²) in [6, 6.07) is 20.1. The van der Waals surface area contributed by atoms with Crippen LogP contribution in [0.3, 0.4) is 0 Å². The molecular weight excluding hydrogens is 477 g/mol. The van der Waals surface area contributed by atoms with E-state index in [1.807, 2.05) is 6.20 Å². The van der Waals surface area contributed by atoms with Gasteiger partial charge in [0, 0.05) is 17.2 Å². The van der Waals surface area contributed by atoms with Gasteiger partial charge in [0.1, 0.15) is 0 Å². The normalized spacial score (nSPS) is 21.6. The molecule has 2 heterocycles. The van der Waals surface area contributed by atoms with Crippen molar-refractivity contribution in [2.45, 2.75) is 111 Å². The van der Waals surface area contributed by atoms with E-state index in [0.29, 0.717) is 0 Å². The molecule has 0 bridgehead atoms. The maximum absolute atomic E-state index is 6.40. The van der Waals surface area contributed by atoms with Crippen LogP contribution >= 0.6 is 0 Å². The Kier molecular flexibility index (Phi) is 6.71. The summed E-state index contributed by atoms with van der Waals surface area (Å²) in [4.78, 5) is 5.10. The number of nitrogens with zero attached hydrogens (tertiary/aromatic N) is 1. The number of rotatable bonds is 6. The van der Waals surface area contributed by atoms with Crippen LogP contribution in [0.1, 0.15) is 97.9 Å². The Morgan fingerprint density at radius 2 is 1.31 bits per heavy atom. The van der Waals surface area contributed by atoms with Gasteiger partial charge in [0.05, 0.1) is 16.9 Å². The minimum absolute atomic E-state index is 0.0535. The molecule has 1 aliphatic heterocycles. The highest BCUT2D eigenvalue weighted by molar-refractivity contribution is 6.62.